The fraction of sp³-hybridized carbons (Fsp3) is 0.357. The lowest BCUT2D eigenvalue weighted by Crippen LogP contribution is -2.34. The van der Waals surface area contributed by atoms with E-state index in [2.05, 4.69) is 20.8 Å². The van der Waals surface area contributed by atoms with Gasteiger partial charge in [0.15, 0.2) is 0 Å². The molecule has 0 saturated carbocycles. The summed E-state index contributed by atoms with van der Waals surface area (Å²) in [7, 11) is 0. The highest BCUT2D eigenvalue weighted by atomic mass is 35.5. The quantitative estimate of drug-likeness (QED) is 0.852. The smallest absolute Gasteiger partial charge is 0.248 e. The molecule has 0 aliphatic rings. The van der Waals surface area contributed by atoms with Crippen LogP contribution in [0.4, 0.5) is 10.8 Å². The van der Waals surface area contributed by atoms with Gasteiger partial charge in [0.05, 0.1) is 0 Å². The summed E-state index contributed by atoms with van der Waals surface area (Å²) in [5, 5.41) is 16.0. The summed E-state index contributed by atoms with van der Waals surface area (Å²) in [5.41, 5.74) is 0.816. The summed E-state index contributed by atoms with van der Waals surface area (Å²) in [4.78, 5) is 12.3. The van der Waals surface area contributed by atoms with Crippen LogP contribution in [0.5, 0.6) is 0 Å². The number of aryl methyl sites for hydroxylation is 1. The van der Waals surface area contributed by atoms with Crippen LogP contribution in [0.2, 0.25) is 5.02 Å². The van der Waals surface area contributed by atoms with Gasteiger partial charge in [0.1, 0.15) is 11.0 Å². The summed E-state index contributed by atoms with van der Waals surface area (Å²) in [6, 6.07) is 6.95. The molecule has 0 fully saturated rings. The minimum atomic E-state index is -0.350. The molecule has 5 nitrogen and oxygen atoms in total. The molecule has 0 aliphatic carbocycles. The average molecular weight is 325 g/mol. The number of halogens is 1. The summed E-state index contributed by atoms with van der Waals surface area (Å²) in [6.07, 6.45) is 1.46. The maximum Gasteiger partial charge on any atom is 0.248 e. The Morgan fingerprint density at radius 3 is 2.81 bits per heavy atom. The number of carbonyl (C=O) groups is 1. The Morgan fingerprint density at radius 2 is 2.19 bits per heavy atom. The van der Waals surface area contributed by atoms with Crippen molar-refractivity contribution >= 4 is 39.7 Å². The topological polar surface area (TPSA) is 66.9 Å². The Morgan fingerprint density at radius 1 is 1.38 bits per heavy atom. The van der Waals surface area contributed by atoms with Gasteiger partial charge in [-0.3, -0.25) is 10.1 Å². The highest BCUT2D eigenvalue weighted by Crippen LogP contribution is 2.19. The molecule has 7 heteroatoms. The summed E-state index contributed by atoms with van der Waals surface area (Å²) < 4.78 is 0. The molecule has 0 saturated heterocycles. The van der Waals surface area contributed by atoms with E-state index in [9.17, 15) is 4.79 Å². The van der Waals surface area contributed by atoms with Gasteiger partial charge in [0.2, 0.25) is 11.0 Å². The van der Waals surface area contributed by atoms with Crippen LogP contribution in [0, 0.1) is 0 Å². The molecule has 112 valence electrons. The fourth-order valence-corrected chi connectivity index (χ4v) is 2.64. The second kappa shape index (κ2) is 7.38. The number of amides is 1. The second-order valence-corrected chi connectivity index (χ2v) is 5.96. The van der Waals surface area contributed by atoms with Gasteiger partial charge in [-0.2, -0.15) is 0 Å². The van der Waals surface area contributed by atoms with Gasteiger partial charge in [-0.05, 0) is 31.0 Å². The molecular formula is C14H17ClN4OS. The Balaban J connectivity index is 2.01. The maximum atomic E-state index is 12.3. The van der Waals surface area contributed by atoms with Crippen molar-refractivity contribution in [2.75, 3.05) is 10.6 Å². The van der Waals surface area contributed by atoms with E-state index in [0.29, 0.717) is 16.6 Å². The van der Waals surface area contributed by atoms with Gasteiger partial charge in [-0.25, -0.2) is 0 Å². The molecule has 1 heterocycles. The summed E-state index contributed by atoms with van der Waals surface area (Å²) in [6.45, 7) is 3.95. The summed E-state index contributed by atoms with van der Waals surface area (Å²) >= 11 is 7.34. The monoisotopic (exact) mass is 324 g/mol. The highest BCUT2D eigenvalue weighted by molar-refractivity contribution is 7.15. The van der Waals surface area contributed by atoms with Crippen molar-refractivity contribution in [3.8, 4) is 0 Å². The Labute approximate surface area is 132 Å². The van der Waals surface area contributed by atoms with Gasteiger partial charge in [-0.15, -0.1) is 10.2 Å². The van der Waals surface area contributed by atoms with Crippen LogP contribution < -0.4 is 10.6 Å². The van der Waals surface area contributed by atoms with E-state index in [0.717, 1.165) is 17.1 Å². The molecule has 0 radical (unpaired) electrons. The van der Waals surface area contributed by atoms with Crippen molar-refractivity contribution in [2.24, 2.45) is 0 Å². The molecule has 1 aromatic heterocycles. The first-order chi connectivity index (χ1) is 10.1. The minimum absolute atomic E-state index is 0.128. The zero-order valence-corrected chi connectivity index (χ0v) is 13.5. The lowest BCUT2D eigenvalue weighted by atomic mass is 10.2. The third kappa shape index (κ3) is 4.41. The molecule has 1 atom stereocenters. The second-order valence-electron chi connectivity index (χ2n) is 4.46. The van der Waals surface area contributed by atoms with E-state index in [-0.39, 0.29) is 11.9 Å². The maximum absolute atomic E-state index is 12.3. The molecule has 21 heavy (non-hydrogen) atoms. The number of carbonyl (C=O) groups excluding carboxylic acids is 1. The third-order valence-electron chi connectivity index (χ3n) is 2.89. The van der Waals surface area contributed by atoms with Gasteiger partial charge in [0.25, 0.3) is 0 Å². The van der Waals surface area contributed by atoms with Crippen LogP contribution in [0.3, 0.4) is 0 Å². The van der Waals surface area contributed by atoms with Crippen LogP contribution >= 0.6 is 22.9 Å². The van der Waals surface area contributed by atoms with E-state index in [1.54, 1.807) is 12.1 Å². The van der Waals surface area contributed by atoms with E-state index in [4.69, 9.17) is 11.6 Å². The van der Waals surface area contributed by atoms with Crippen LogP contribution in [-0.4, -0.2) is 22.1 Å². The fourth-order valence-electron chi connectivity index (χ4n) is 1.77. The molecule has 1 amide bonds. The molecular weight excluding hydrogens is 308 g/mol. The number of nitrogens with zero attached hydrogens (tertiary/aromatic N) is 2. The minimum Gasteiger partial charge on any atom is -0.374 e. The van der Waals surface area contributed by atoms with E-state index >= 15 is 0 Å². The number of hydrogen-bond acceptors (Lipinski definition) is 5. The molecule has 0 aliphatic heterocycles. The highest BCUT2D eigenvalue weighted by Gasteiger charge is 2.18. The van der Waals surface area contributed by atoms with Crippen molar-refractivity contribution in [3.63, 3.8) is 0 Å². The van der Waals surface area contributed by atoms with Crippen LogP contribution in [0.25, 0.3) is 0 Å². The largest absolute Gasteiger partial charge is 0.374 e. The number of rotatable bonds is 6. The Bertz CT molecular complexity index is 617. The van der Waals surface area contributed by atoms with Crippen molar-refractivity contribution in [2.45, 2.75) is 32.7 Å². The molecule has 0 unspecified atom stereocenters. The van der Waals surface area contributed by atoms with Crippen LogP contribution in [0.1, 0.15) is 25.3 Å². The molecule has 2 rings (SSSR count). The Kier molecular flexibility index (Phi) is 5.52. The zero-order chi connectivity index (χ0) is 15.2. The first-order valence-corrected chi connectivity index (χ1v) is 7.97. The van der Waals surface area contributed by atoms with Gasteiger partial charge >= 0.3 is 0 Å². The van der Waals surface area contributed by atoms with Gasteiger partial charge in [-0.1, -0.05) is 42.9 Å². The lowest BCUT2D eigenvalue weighted by molar-refractivity contribution is -0.117. The molecule has 0 bridgehead atoms. The normalized spacial score (nSPS) is 12.0. The predicted octanol–water partition coefficient (Wildman–Crippen LogP) is 3.58. The van der Waals surface area contributed by atoms with Crippen molar-refractivity contribution in [3.05, 3.63) is 34.3 Å². The van der Waals surface area contributed by atoms with Crippen molar-refractivity contribution < 1.29 is 4.79 Å². The lowest BCUT2D eigenvalue weighted by Gasteiger charge is -2.17. The van der Waals surface area contributed by atoms with Gasteiger partial charge in [0, 0.05) is 10.7 Å². The predicted molar refractivity (Wildman–Crippen MR) is 87.1 cm³/mol. The van der Waals surface area contributed by atoms with E-state index in [1.165, 1.54) is 11.3 Å². The zero-order valence-electron chi connectivity index (χ0n) is 11.9. The average Bonchev–Trinajstić information content (AvgIpc) is 2.92. The number of anilines is 2. The Hall–Kier alpha value is -1.66. The standard InChI is InChI=1S/C14H17ClN4OS/c1-3-11(16-10-7-5-6-9(15)8-10)13(20)17-14-19-18-12(4-2)21-14/h5-8,11,16H,3-4H2,1-2H3,(H,17,19,20)/t11-/m0/s1. The first-order valence-electron chi connectivity index (χ1n) is 6.77. The molecule has 1 aromatic carbocycles. The molecule has 2 aromatic rings. The summed E-state index contributed by atoms with van der Waals surface area (Å²) in [5.74, 6) is -0.128. The van der Waals surface area contributed by atoms with Crippen LogP contribution in [0.15, 0.2) is 24.3 Å². The SMILES string of the molecule is CCc1nnc(NC(=O)[C@H](CC)Nc2cccc(Cl)c2)s1. The van der Waals surface area contributed by atoms with Crippen LogP contribution in [-0.2, 0) is 11.2 Å². The number of hydrogen-bond donors (Lipinski definition) is 2. The molecule has 2 N–H and O–H groups in total. The number of nitrogens with one attached hydrogen (secondary N) is 2. The van der Waals surface area contributed by atoms with Crippen molar-refractivity contribution in [1.29, 1.82) is 0 Å². The van der Waals surface area contributed by atoms with Crippen molar-refractivity contribution in [1.82, 2.24) is 10.2 Å². The number of aromatic nitrogens is 2. The molecule has 0 spiro atoms. The van der Waals surface area contributed by atoms with E-state index < -0.39 is 0 Å². The van der Waals surface area contributed by atoms with E-state index in [1.807, 2.05) is 26.0 Å². The first kappa shape index (κ1) is 15.7. The van der Waals surface area contributed by atoms with Gasteiger partial charge < -0.3 is 5.32 Å². The third-order valence-corrected chi connectivity index (χ3v) is 4.11. The number of benzene rings is 1.